The summed E-state index contributed by atoms with van der Waals surface area (Å²) in [6.07, 6.45) is -1.74. The molecule has 1 aliphatic rings. The number of nitrogens with zero attached hydrogens (tertiary/aromatic N) is 2. The van der Waals surface area contributed by atoms with E-state index < -0.39 is 11.7 Å². The molecule has 0 spiro atoms. The number of anilines is 2. The number of alkyl halides is 3. The molecule has 4 rings (SSSR count). The molecular formula is C27H24F3N3O3. The van der Waals surface area contributed by atoms with Crippen LogP contribution in [0.3, 0.4) is 0 Å². The summed E-state index contributed by atoms with van der Waals surface area (Å²) in [5, 5.41) is 12.1. The number of hydrogen-bond donors (Lipinski definition) is 2. The van der Waals surface area contributed by atoms with Crippen LogP contribution in [0, 0.1) is 0 Å². The van der Waals surface area contributed by atoms with Crippen LogP contribution in [-0.2, 0) is 11.0 Å². The third-order valence-electron chi connectivity index (χ3n) is 5.84. The Balaban J connectivity index is 1.30. The molecule has 0 atom stereocenters. The SMILES string of the molecule is O=C(Nc1ccc(O)cc1)c1ccc(N2CCN(C(=O)C=Cc3cccc(C(F)(F)F)c3)CC2)cc1. The summed E-state index contributed by atoms with van der Waals surface area (Å²) >= 11 is 0. The van der Waals surface area contributed by atoms with E-state index in [9.17, 15) is 27.9 Å². The second-order valence-electron chi connectivity index (χ2n) is 8.32. The lowest BCUT2D eigenvalue weighted by Crippen LogP contribution is -2.48. The fourth-order valence-corrected chi connectivity index (χ4v) is 3.85. The zero-order valence-corrected chi connectivity index (χ0v) is 19.2. The molecule has 2 amide bonds. The van der Waals surface area contributed by atoms with Crippen LogP contribution in [0.4, 0.5) is 24.5 Å². The van der Waals surface area contributed by atoms with Crippen LogP contribution < -0.4 is 10.2 Å². The summed E-state index contributed by atoms with van der Waals surface area (Å²) in [4.78, 5) is 28.7. The maximum atomic E-state index is 12.9. The van der Waals surface area contributed by atoms with Crippen molar-refractivity contribution in [1.82, 2.24) is 4.90 Å². The Morgan fingerprint density at radius 1 is 0.889 bits per heavy atom. The molecule has 0 aromatic heterocycles. The minimum atomic E-state index is -4.43. The highest BCUT2D eigenvalue weighted by atomic mass is 19.4. The largest absolute Gasteiger partial charge is 0.508 e. The normalized spacial score (nSPS) is 14.2. The number of phenolic OH excluding ortho intramolecular Hbond substituents is 1. The zero-order valence-electron chi connectivity index (χ0n) is 19.2. The first kappa shape index (κ1) is 24.8. The molecule has 0 radical (unpaired) electrons. The molecule has 0 bridgehead atoms. The number of rotatable bonds is 5. The van der Waals surface area contributed by atoms with E-state index in [0.29, 0.717) is 43.0 Å². The average Bonchev–Trinajstić information content (AvgIpc) is 2.88. The van der Waals surface area contributed by atoms with E-state index in [4.69, 9.17) is 0 Å². The summed E-state index contributed by atoms with van der Waals surface area (Å²) in [5.41, 5.74) is 1.54. The minimum absolute atomic E-state index is 0.117. The highest BCUT2D eigenvalue weighted by molar-refractivity contribution is 6.04. The Morgan fingerprint density at radius 2 is 1.56 bits per heavy atom. The van der Waals surface area contributed by atoms with Gasteiger partial charge in [-0.05, 0) is 72.3 Å². The van der Waals surface area contributed by atoms with Gasteiger partial charge in [0, 0.05) is 49.2 Å². The Morgan fingerprint density at radius 3 is 2.19 bits per heavy atom. The maximum absolute atomic E-state index is 12.9. The van der Waals surface area contributed by atoms with Crippen molar-refractivity contribution >= 4 is 29.3 Å². The third kappa shape index (κ3) is 6.24. The molecule has 0 saturated carbocycles. The van der Waals surface area contributed by atoms with Gasteiger partial charge in [-0.2, -0.15) is 13.2 Å². The number of piperazine rings is 1. The van der Waals surface area contributed by atoms with E-state index >= 15 is 0 Å². The van der Waals surface area contributed by atoms with Gasteiger partial charge in [-0.15, -0.1) is 0 Å². The molecule has 9 heteroatoms. The molecule has 1 heterocycles. The first-order valence-corrected chi connectivity index (χ1v) is 11.3. The second-order valence-corrected chi connectivity index (χ2v) is 8.32. The monoisotopic (exact) mass is 495 g/mol. The van der Waals surface area contributed by atoms with Crippen LogP contribution in [0.15, 0.2) is 78.9 Å². The van der Waals surface area contributed by atoms with E-state index in [1.165, 1.54) is 36.4 Å². The van der Waals surface area contributed by atoms with Crippen LogP contribution in [0.25, 0.3) is 6.08 Å². The smallest absolute Gasteiger partial charge is 0.416 e. The molecule has 0 aliphatic carbocycles. The van der Waals surface area contributed by atoms with E-state index in [-0.39, 0.29) is 17.6 Å². The summed E-state index contributed by atoms with van der Waals surface area (Å²) in [6.45, 7) is 2.11. The number of phenols is 1. The second kappa shape index (κ2) is 10.6. The van der Waals surface area contributed by atoms with Crippen molar-refractivity contribution < 1.29 is 27.9 Å². The lowest BCUT2D eigenvalue weighted by molar-refractivity contribution is -0.137. The van der Waals surface area contributed by atoms with Gasteiger partial charge in [0.1, 0.15) is 5.75 Å². The highest BCUT2D eigenvalue weighted by Gasteiger charge is 2.30. The number of halogens is 3. The predicted octanol–water partition coefficient (Wildman–Crippen LogP) is 5.03. The molecule has 2 N–H and O–H groups in total. The number of carbonyl (C=O) groups excluding carboxylic acids is 2. The molecule has 1 fully saturated rings. The van der Waals surface area contributed by atoms with Crippen LogP contribution in [-0.4, -0.2) is 48.0 Å². The molecule has 3 aromatic rings. The Labute approximate surface area is 206 Å². The molecular weight excluding hydrogens is 471 g/mol. The number of amides is 2. The number of hydrogen-bond acceptors (Lipinski definition) is 4. The lowest BCUT2D eigenvalue weighted by atomic mass is 10.1. The maximum Gasteiger partial charge on any atom is 0.416 e. The molecule has 1 aliphatic heterocycles. The van der Waals surface area contributed by atoms with Gasteiger partial charge in [-0.3, -0.25) is 9.59 Å². The van der Waals surface area contributed by atoms with Crippen LogP contribution in [0.5, 0.6) is 5.75 Å². The first-order valence-electron chi connectivity index (χ1n) is 11.3. The molecule has 6 nitrogen and oxygen atoms in total. The Hall–Kier alpha value is -4.27. The van der Waals surface area contributed by atoms with Crippen molar-refractivity contribution in [3.8, 4) is 5.75 Å². The number of nitrogens with one attached hydrogen (secondary N) is 1. The van der Waals surface area contributed by atoms with Crippen molar-refractivity contribution in [3.05, 3.63) is 95.6 Å². The van der Waals surface area contributed by atoms with Gasteiger partial charge in [0.15, 0.2) is 0 Å². The quantitative estimate of drug-likeness (QED) is 0.385. The molecule has 0 unspecified atom stereocenters. The van der Waals surface area contributed by atoms with Gasteiger partial charge in [-0.25, -0.2) is 0 Å². The molecule has 36 heavy (non-hydrogen) atoms. The van der Waals surface area contributed by atoms with Crippen LogP contribution >= 0.6 is 0 Å². The van der Waals surface area contributed by atoms with Gasteiger partial charge < -0.3 is 20.2 Å². The average molecular weight is 496 g/mol. The number of aromatic hydroxyl groups is 1. The standard InChI is InChI=1S/C27H24F3N3O3/c28-27(29,30)21-3-1-2-19(18-21)4-13-25(35)33-16-14-32(15-17-33)23-9-5-20(6-10-23)26(36)31-22-7-11-24(34)12-8-22/h1-13,18,34H,14-17H2,(H,31,36). The fourth-order valence-electron chi connectivity index (χ4n) is 3.85. The highest BCUT2D eigenvalue weighted by Crippen LogP contribution is 2.29. The Kier molecular flexibility index (Phi) is 7.28. The van der Waals surface area contributed by atoms with Gasteiger partial charge in [0.2, 0.25) is 5.91 Å². The molecule has 3 aromatic carbocycles. The topological polar surface area (TPSA) is 72.9 Å². The van der Waals surface area contributed by atoms with Gasteiger partial charge in [0.05, 0.1) is 5.56 Å². The van der Waals surface area contributed by atoms with Crippen LogP contribution in [0.2, 0.25) is 0 Å². The van der Waals surface area contributed by atoms with Crippen molar-refractivity contribution in [2.75, 3.05) is 36.4 Å². The van der Waals surface area contributed by atoms with Gasteiger partial charge >= 0.3 is 6.18 Å². The van der Waals surface area contributed by atoms with E-state index in [1.54, 1.807) is 29.2 Å². The Bertz CT molecular complexity index is 1250. The van der Waals surface area contributed by atoms with Gasteiger partial charge in [0.25, 0.3) is 5.91 Å². The fraction of sp³-hybridized carbons (Fsp3) is 0.185. The van der Waals surface area contributed by atoms with Crippen molar-refractivity contribution in [1.29, 1.82) is 0 Å². The summed E-state index contributed by atoms with van der Waals surface area (Å²) in [7, 11) is 0. The zero-order chi connectivity index (χ0) is 25.7. The van der Waals surface area contributed by atoms with Crippen molar-refractivity contribution in [3.63, 3.8) is 0 Å². The van der Waals surface area contributed by atoms with E-state index in [2.05, 4.69) is 10.2 Å². The minimum Gasteiger partial charge on any atom is -0.508 e. The van der Waals surface area contributed by atoms with E-state index in [0.717, 1.165) is 17.8 Å². The third-order valence-corrected chi connectivity index (χ3v) is 5.84. The molecule has 1 saturated heterocycles. The summed E-state index contributed by atoms with van der Waals surface area (Å²) < 4.78 is 38.6. The summed E-state index contributed by atoms with van der Waals surface area (Å²) in [5.74, 6) is -0.408. The molecule has 186 valence electrons. The van der Waals surface area contributed by atoms with Gasteiger partial charge in [-0.1, -0.05) is 12.1 Å². The van der Waals surface area contributed by atoms with Crippen molar-refractivity contribution in [2.45, 2.75) is 6.18 Å². The summed E-state index contributed by atoms with van der Waals surface area (Å²) in [6, 6.07) is 18.2. The van der Waals surface area contributed by atoms with E-state index in [1.807, 2.05) is 12.1 Å². The first-order chi connectivity index (χ1) is 17.2. The number of benzene rings is 3. The lowest BCUT2D eigenvalue weighted by Gasteiger charge is -2.35. The van der Waals surface area contributed by atoms with Crippen molar-refractivity contribution in [2.24, 2.45) is 0 Å². The predicted molar refractivity (Wildman–Crippen MR) is 132 cm³/mol. The van der Waals surface area contributed by atoms with Crippen LogP contribution in [0.1, 0.15) is 21.5 Å². The number of carbonyl (C=O) groups is 2.